The molecule has 1 aromatic carbocycles. The predicted molar refractivity (Wildman–Crippen MR) is 198 cm³/mol. The summed E-state index contributed by atoms with van der Waals surface area (Å²) in [5.74, 6) is -1.78. The number of ether oxygens (including phenoxy) is 4. The van der Waals surface area contributed by atoms with Crippen LogP contribution >= 0.6 is 0 Å². The first kappa shape index (κ1) is 40.5. The molecule has 1 aromatic rings. The monoisotopic (exact) mass is 789 g/mol. The fourth-order valence-electron chi connectivity index (χ4n) is 7.53. The molecule has 6 rings (SSSR count). The van der Waals surface area contributed by atoms with Crippen molar-refractivity contribution in [2.24, 2.45) is 11.3 Å². The molecule has 55 heavy (non-hydrogen) atoms. The van der Waals surface area contributed by atoms with Crippen LogP contribution in [0.5, 0.6) is 5.75 Å². The largest absolute Gasteiger partial charge is 0.493 e. The third-order valence-electron chi connectivity index (χ3n) is 11.1. The number of sulfonamides is 1. The Morgan fingerprint density at radius 3 is 2.44 bits per heavy atom. The van der Waals surface area contributed by atoms with E-state index in [1.165, 1.54) is 9.80 Å². The second-order valence-corrected chi connectivity index (χ2v) is 19.1. The minimum Gasteiger partial charge on any atom is -0.493 e. The van der Waals surface area contributed by atoms with Gasteiger partial charge in [-0.15, -0.1) is 0 Å². The fraction of sp³-hybridized carbons (Fsp3) is 0.711. The lowest BCUT2D eigenvalue weighted by Gasteiger charge is -2.35. The van der Waals surface area contributed by atoms with E-state index < -0.39 is 79.9 Å². The molecular weight excluding hydrogens is 735 g/mol. The summed E-state index contributed by atoms with van der Waals surface area (Å²) in [5, 5.41) is 4.86. The van der Waals surface area contributed by atoms with Crippen LogP contribution in [-0.4, -0.2) is 109 Å². The van der Waals surface area contributed by atoms with Crippen LogP contribution in [0.15, 0.2) is 18.2 Å². The van der Waals surface area contributed by atoms with Crippen LogP contribution in [-0.2, 0) is 51.7 Å². The lowest BCUT2D eigenvalue weighted by Crippen LogP contribution is -2.60. The lowest BCUT2D eigenvalue weighted by molar-refractivity contribution is -0.143. The maximum absolute atomic E-state index is 14.5. The van der Waals surface area contributed by atoms with Gasteiger partial charge in [0.1, 0.15) is 36.1 Å². The van der Waals surface area contributed by atoms with Gasteiger partial charge in [-0.25, -0.2) is 18.0 Å². The molecule has 1 saturated heterocycles. The van der Waals surface area contributed by atoms with Crippen LogP contribution in [0.25, 0.3) is 0 Å². The molecule has 0 spiro atoms. The highest BCUT2D eigenvalue weighted by Gasteiger charge is 2.62. The third kappa shape index (κ3) is 9.14. The molecule has 3 N–H and O–H groups in total. The molecule has 5 aliphatic rings. The number of benzene rings is 1. The first-order valence-corrected chi connectivity index (χ1v) is 20.8. The molecule has 4 bridgehead atoms. The average molecular weight is 790 g/mol. The van der Waals surface area contributed by atoms with Gasteiger partial charge in [-0.3, -0.25) is 24.0 Å². The van der Waals surface area contributed by atoms with Gasteiger partial charge in [0.25, 0.3) is 5.91 Å². The molecular formula is C38H55N5O11S. The quantitative estimate of drug-likeness (QED) is 0.383. The van der Waals surface area contributed by atoms with Gasteiger partial charge in [-0.1, -0.05) is 46.2 Å². The van der Waals surface area contributed by atoms with Crippen molar-refractivity contribution >= 4 is 39.9 Å². The smallest absolute Gasteiger partial charge is 0.410 e. The van der Waals surface area contributed by atoms with Gasteiger partial charge in [0.05, 0.1) is 30.5 Å². The van der Waals surface area contributed by atoms with E-state index in [1.54, 1.807) is 34.6 Å². The average Bonchev–Trinajstić information content (AvgIpc) is 4.00. The molecule has 3 fully saturated rings. The van der Waals surface area contributed by atoms with E-state index in [-0.39, 0.29) is 45.0 Å². The number of alkyl carbamates (subject to hydrolysis) is 1. The summed E-state index contributed by atoms with van der Waals surface area (Å²) in [6.45, 7) is 11.8. The van der Waals surface area contributed by atoms with E-state index in [1.807, 2.05) is 25.1 Å². The Labute approximate surface area is 322 Å². The highest BCUT2D eigenvalue weighted by atomic mass is 32.2. The zero-order valence-corrected chi connectivity index (χ0v) is 33.4. The molecule has 1 unspecified atom stereocenters. The van der Waals surface area contributed by atoms with Crippen molar-refractivity contribution in [1.82, 2.24) is 25.2 Å². The molecule has 3 heterocycles. The van der Waals surface area contributed by atoms with Crippen LogP contribution in [0.1, 0.15) is 97.6 Å². The van der Waals surface area contributed by atoms with Crippen molar-refractivity contribution in [3.8, 4) is 5.75 Å². The minimum absolute atomic E-state index is 0.0971. The van der Waals surface area contributed by atoms with E-state index in [9.17, 15) is 32.4 Å². The number of carbonyl (C=O) groups excluding carboxylic acids is 5. The van der Waals surface area contributed by atoms with Gasteiger partial charge >= 0.3 is 12.2 Å². The van der Waals surface area contributed by atoms with Gasteiger partial charge < -0.3 is 34.5 Å². The van der Waals surface area contributed by atoms with Gasteiger partial charge in [-0.2, -0.15) is 0 Å². The summed E-state index contributed by atoms with van der Waals surface area (Å²) in [6.07, 6.45) is 0.529. The second-order valence-electron chi connectivity index (χ2n) is 17.1. The van der Waals surface area contributed by atoms with Gasteiger partial charge in [0.15, 0.2) is 0 Å². The summed E-state index contributed by atoms with van der Waals surface area (Å²) in [6, 6.07) is 3.26. The van der Waals surface area contributed by atoms with Crippen LogP contribution < -0.4 is 20.1 Å². The van der Waals surface area contributed by atoms with Crippen molar-refractivity contribution in [3.05, 3.63) is 29.3 Å². The molecule has 2 saturated carbocycles. The summed E-state index contributed by atoms with van der Waals surface area (Å²) < 4.78 is 51.2. The number of hydrogen-bond donors (Lipinski definition) is 3. The number of carbonyl (C=O) groups is 5. The van der Waals surface area contributed by atoms with E-state index in [0.717, 1.165) is 11.1 Å². The molecule has 16 nitrogen and oxygen atoms in total. The van der Waals surface area contributed by atoms with Crippen LogP contribution in [0.2, 0.25) is 0 Å². The number of nitrogens with one attached hydrogen (secondary N) is 3. The van der Waals surface area contributed by atoms with E-state index in [4.69, 9.17) is 18.9 Å². The Bertz CT molecular complexity index is 1790. The Hall–Kier alpha value is -4.12. The first-order valence-electron chi connectivity index (χ1n) is 19.3. The molecule has 5 amide bonds. The van der Waals surface area contributed by atoms with Gasteiger partial charge in [-0.05, 0) is 68.9 Å². The number of amides is 5. The summed E-state index contributed by atoms with van der Waals surface area (Å²) in [7, 11) is -3.90. The topological polar surface area (TPSA) is 199 Å². The fourth-order valence-corrected chi connectivity index (χ4v) is 8.90. The highest BCUT2D eigenvalue weighted by Crippen LogP contribution is 2.47. The maximum atomic E-state index is 14.5. The zero-order valence-electron chi connectivity index (χ0n) is 32.6. The Morgan fingerprint density at radius 2 is 1.76 bits per heavy atom. The summed E-state index contributed by atoms with van der Waals surface area (Å²) >= 11 is 0. The molecule has 304 valence electrons. The molecule has 0 aromatic heterocycles. The van der Waals surface area contributed by atoms with Crippen molar-refractivity contribution in [3.63, 3.8) is 0 Å². The second kappa shape index (κ2) is 15.4. The van der Waals surface area contributed by atoms with Crippen molar-refractivity contribution in [2.45, 2.75) is 134 Å². The molecule has 0 radical (unpaired) electrons. The summed E-state index contributed by atoms with van der Waals surface area (Å²) in [4.78, 5) is 72.0. The number of fused-ring (bicyclic) bond motifs is 3. The number of cyclic esters (lactones) is 1. The van der Waals surface area contributed by atoms with Crippen molar-refractivity contribution in [1.29, 1.82) is 0 Å². The number of nitrogens with zero attached hydrogens (tertiary/aromatic N) is 2. The van der Waals surface area contributed by atoms with Crippen LogP contribution in [0.4, 0.5) is 9.59 Å². The standard InChI is InChI=1S/C38H55N5O11S/c1-7-24-18-38(24,33(46)41-55(49,50)26-13-14-26)40-31(44)28-17-25-20-43(28)32(45)30(36(2,3)4)39-34(47)52-22-37(5,6)53-16-9-8-15-51-29-12-10-11-23-19-42(21-27(23)29)35(48)54-25/h10-12,24-26,28,30H,7-9,13-22H2,1-6H3,(H,39,47)(H,40,44)(H,41,46)/t24-,25?,28-,30+,38-/m0/s1. The third-order valence-corrected chi connectivity index (χ3v) is 12.9. The molecule has 2 aliphatic carbocycles. The van der Waals surface area contributed by atoms with Crippen LogP contribution in [0.3, 0.4) is 0 Å². The SMILES string of the molecule is CC[C@H]1C[C@@]1(NC(=O)[C@@H]1CC2CN1C(=O)[C@H](C(C)(C)C)NC(=O)OCC(C)(C)OCCCCOc1cccc3c1CN(C3)C(=O)O2)C(=O)NS(=O)(=O)C1CC1. The molecule has 17 heteroatoms. The maximum Gasteiger partial charge on any atom is 0.410 e. The normalized spacial score (nSPS) is 29.1. The van der Waals surface area contributed by atoms with Crippen molar-refractivity contribution < 1.29 is 51.3 Å². The lowest BCUT2D eigenvalue weighted by atomic mass is 9.85. The number of rotatable bonds is 6. The van der Waals surface area contributed by atoms with Crippen LogP contribution in [0, 0.1) is 11.3 Å². The predicted octanol–water partition coefficient (Wildman–Crippen LogP) is 3.11. The number of hydrogen-bond acceptors (Lipinski definition) is 11. The first-order chi connectivity index (χ1) is 25.8. The van der Waals surface area contributed by atoms with Crippen molar-refractivity contribution in [2.75, 3.05) is 26.4 Å². The van der Waals surface area contributed by atoms with Gasteiger partial charge in [0, 0.05) is 25.1 Å². The summed E-state index contributed by atoms with van der Waals surface area (Å²) in [5.41, 5.74) is -1.38. The Kier molecular flexibility index (Phi) is 11.4. The molecule has 5 atom stereocenters. The van der Waals surface area contributed by atoms with E-state index in [0.29, 0.717) is 51.1 Å². The minimum atomic E-state index is -3.90. The zero-order chi connectivity index (χ0) is 39.9. The van der Waals surface area contributed by atoms with E-state index in [2.05, 4.69) is 15.4 Å². The Balaban J connectivity index is 1.27. The van der Waals surface area contributed by atoms with Gasteiger partial charge in [0.2, 0.25) is 21.8 Å². The molecule has 3 aliphatic heterocycles. The highest BCUT2D eigenvalue weighted by molar-refractivity contribution is 7.91. The Morgan fingerprint density at radius 1 is 1.04 bits per heavy atom. The van der Waals surface area contributed by atoms with E-state index >= 15 is 0 Å².